The molecule has 19 heavy (non-hydrogen) atoms. The van der Waals surface area contributed by atoms with Gasteiger partial charge in [-0.2, -0.15) is 5.10 Å². The van der Waals surface area contributed by atoms with E-state index in [2.05, 4.69) is 5.10 Å². The topological polar surface area (TPSA) is 92.5 Å². The second-order valence-corrected chi connectivity index (χ2v) is 4.57. The molecule has 1 amide bonds. The Morgan fingerprint density at radius 2 is 2.21 bits per heavy atom. The quantitative estimate of drug-likeness (QED) is 0.821. The molecule has 2 rings (SSSR count). The summed E-state index contributed by atoms with van der Waals surface area (Å²) in [5.41, 5.74) is -0.126. The van der Waals surface area contributed by atoms with E-state index in [9.17, 15) is 14.4 Å². The van der Waals surface area contributed by atoms with Crippen molar-refractivity contribution in [2.24, 2.45) is 7.05 Å². The van der Waals surface area contributed by atoms with E-state index in [0.717, 1.165) is 11.1 Å². The standard InChI is InChI=1S/C12H15N3O4/c1-14-10(16)5-4-9(13-14)12(19)15-6-2-3-8(15)7-11(17)18/h4-5,8H,2-3,6-7H2,1H3,(H,17,18). The van der Waals surface area contributed by atoms with Gasteiger partial charge in [0.25, 0.3) is 11.5 Å². The average molecular weight is 265 g/mol. The van der Waals surface area contributed by atoms with Crippen LogP contribution in [-0.2, 0) is 11.8 Å². The van der Waals surface area contributed by atoms with Crippen LogP contribution in [0.4, 0.5) is 0 Å². The van der Waals surface area contributed by atoms with Crippen LogP contribution in [0.3, 0.4) is 0 Å². The van der Waals surface area contributed by atoms with E-state index in [1.165, 1.54) is 24.1 Å². The number of aromatic nitrogens is 2. The smallest absolute Gasteiger partial charge is 0.305 e. The summed E-state index contributed by atoms with van der Waals surface area (Å²) in [6.07, 6.45) is 1.41. The number of carbonyl (C=O) groups excluding carboxylic acids is 1. The average Bonchev–Trinajstić information content (AvgIpc) is 2.79. The Bertz CT molecular complexity index is 566. The van der Waals surface area contributed by atoms with Crippen LogP contribution >= 0.6 is 0 Å². The Labute approximate surface area is 109 Å². The van der Waals surface area contributed by atoms with Gasteiger partial charge in [0.2, 0.25) is 0 Å². The predicted molar refractivity (Wildman–Crippen MR) is 65.8 cm³/mol. The van der Waals surface area contributed by atoms with Crippen molar-refractivity contribution < 1.29 is 14.7 Å². The van der Waals surface area contributed by atoms with Crippen LogP contribution in [0.25, 0.3) is 0 Å². The lowest BCUT2D eigenvalue weighted by Crippen LogP contribution is -2.38. The summed E-state index contributed by atoms with van der Waals surface area (Å²) in [4.78, 5) is 35.8. The number of carboxylic acids is 1. The molecule has 0 radical (unpaired) electrons. The Morgan fingerprint density at radius 1 is 1.47 bits per heavy atom. The molecule has 7 nitrogen and oxygen atoms in total. The molecule has 1 unspecified atom stereocenters. The minimum atomic E-state index is -0.918. The number of carbonyl (C=O) groups is 2. The molecule has 1 aromatic rings. The van der Waals surface area contributed by atoms with E-state index < -0.39 is 5.97 Å². The van der Waals surface area contributed by atoms with E-state index >= 15 is 0 Å². The lowest BCUT2D eigenvalue weighted by atomic mass is 10.1. The number of amides is 1. The Kier molecular flexibility index (Phi) is 3.64. The third kappa shape index (κ3) is 2.81. The van der Waals surface area contributed by atoms with Crippen molar-refractivity contribution in [3.8, 4) is 0 Å². The van der Waals surface area contributed by atoms with Gasteiger partial charge in [-0.25, -0.2) is 4.68 Å². The lowest BCUT2D eigenvalue weighted by Gasteiger charge is -2.23. The zero-order valence-corrected chi connectivity index (χ0v) is 10.6. The summed E-state index contributed by atoms with van der Waals surface area (Å²) in [5, 5.41) is 12.7. The van der Waals surface area contributed by atoms with Crippen LogP contribution in [0.5, 0.6) is 0 Å². The molecule has 1 N–H and O–H groups in total. The maximum atomic E-state index is 12.3. The number of likely N-dealkylation sites (tertiary alicyclic amines) is 1. The fourth-order valence-electron chi connectivity index (χ4n) is 2.28. The monoisotopic (exact) mass is 265 g/mol. The van der Waals surface area contributed by atoms with Crippen molar-refractivity contribution in [3.63, 3.8) is 0 Å². The first-order chi connectivity index (χ1) is 8.99. The largest absolute Gasteiger partial charge is 0.481 e. The third-order valence-corrected chi connectivity index (χ3v) is 3.23. The second kappa shape index (κ2) is 5.21. The molecule has 0 bridgehead atoms. The number of rotatable bonds is 3. The molecule has 2 heterocycles. The molecule has 1 aromatic heterocycles. The van der Waals surface area contributed by atoms with Gasteiger partial charge in [0, 0.05) is 25.7 Å². The molecule has 0 aromatic carbocycles. The zero-order valence-electron chi connectivity index (χ0n) is 10.6. The Hall–Kier alpha value is -2.18. The molecule has 1 aliphatic heterocycles. The first kappa shape index (κ1) is 13.3. The molecule has 102 valence electrons. The SMILES string of the molecule is Cn1nc(C(=O)N2CCCC2CC(=O)O)ccc1=O. The number of hydrogen-bond acceptors (Lipinski definition) is 4. The highest BCUT2D eigenvalue weighted by Gasteiger charge is 2.31. The molecule has 0 spiro atoms. The first-order valence-electron chi connectivity index (χ1n) is 6.06. The third-order valence-electron chi connectivity index (χ3n) is 3.23. The summed E-state index contributed by atoms with van der Waals surface area (Å²) < 4.78 is 1.09. The lowest BCUT2D eigenvalue weighted by molar-refractivity contribution is -0.137. The van der Waals surface area contributed by atoms with Crippen molar-refractivity contribution in [1.82, 2.24) is 14.7 Å². The Balaban J connectivity index is 2.20. The molecule has 1 atom stereocenters. The summed E-state index contributed by atoms with van der Waals surface area (Å²) in [5.74, 6) is -1.24. The van der Waals surface area contributed by atoms with Gasteiger partial charge >= 0.3 is 5.97 Å². The summed E-state index contributed by atoms with van der Waals surface area (Å²) in [6.45, 7) is 0.529. The van der Waals surface area contributed by atoms with Gasteiger partial charge in [-0.3, -0.25) is 14.4 Å². The minimum absolute atomic E-state index is 0.0580. The van der Waals surface area contributed by atoms with Gasteiger partial charge in [0.1, 0.15) is 5.69 Å². The molecular formula is C12H15N3O4. The van der Waals surface area contributed by atoms with Crippen LogP contribution in [-0.4, -0.2) is 44.3 Å². The number of carboxylic acid groups (broad SMARTS) is 1. The normalized spacial score (nSPS) is 18.6. The molecule has 7 heteroatoms. The van der Waals surface area contributed by atoms with Crippen molar-refractivity contribution >= 4 is 11.9 Å². The van der Waals surface area contributed by atoms with E-state index in [4.69, 9.17) is 5.11 Å². The molecular weight excluding hydrogens is 250 g/mol. The van der Waals surface area contributed by atoms with Crippen LogP contribution in [0.15, 0.2) is 16.9 Å². The van der Waals surface area contributed by atoms with Gasteiger partial charge < -0.3 is 10.0 Å². The fraction of sp³-hybridized carbons (Fsp3) is 0.500. The van der Waals surface area contributed by atoms with Crippen LogP contribution in [0.2, 0.25) is 0 Å². The van der Waals surface area contributed by atoms with Crippen LogP contribution in [0.1, 0.15) is 29.8 Å². The molecule has 0 saturated carbocycles. The van der Waals surface area contributed by atoms with Crippen molar-refractivity contribution in [2.75, 3.05) is 6.54 Å². The number of aliphatic carboxylic acids is 1. The predicted octanol–water partition coefficient (Wildman–Crippen LogP) is -0.140. The number of hydrogen-bond donors (Lipinski definition) is 1. The minimum Gasteiger partial charge on any atom is -0.481 e. The maximum Gasteiger partial charge on any atom is 0.305 e. The summed E-state index contributed by atoms with van der Waals surface area (Å²) in [6, 6.07) is 2.37. The maximum absolute atomic E-state index is 12.3. The molecule has 1 saturated heterocycles. The van der Waals surface area contributed by atoms with Crippen molar-refractivity contribution in [1.29, 1.82) is 0 Å². The zero-order chi connectivity index (χ0) is 14.0. The van der Waals surface area contributed by atoms with Gasteiger partial charge in [-0.1, -0.05) is 0 Å². The summed E-state index contributed by atoms with van der Waals surface area (Å²) in [7, 11) is 1.47. The highest BCUT2D eigenvalue weighted by atomic mass is 16.4. The van der Waals surface area contributed by atoms with Crippen molar-refractivity contribution in [2.45, 2.75) is 25.3 Å². The second-order valence-electron chi connectivity index (χ2n) is 4.57. The van der Waals surface area contributed by atoms with Gasteiger partial charge in [-0.15, -0.1) is 0 Å². The van der Waals surface area contributed by atoms with E-state index in [1.807, 2.05) is 0 Å². The van der Waals surface area contributed by atoms with Gasteiger partial charge in [0.15, 0.2) is 0 Å². The first-order valence-corrected chi connectivity index (χ1v) is 6.06. The van der Waals surface area contributed by atoms with Crippen LogP contribution in [0, 0.1) is 0 Å². The van der Waals surface area contributed by atoms with Crippen LogP contribution < -0.4 is 5.56 Å². The molecule has 1 fully saturated rings. The van der Waals surface area contributed by atoms with E-state index in [-0.39, 0.29) is 29.6 Å². The summed E-state index contributed by atoms with van der Waals surface area (Å²) >= 11 is 0. The fourth-order valence-corrected chi connectivity index (χ4v) is 2.28. The highest BCUT2D eigenvalue weighted by molar-refractivity contribution is 5.92. The van der Waals surface area contributed by atoms with E-state index in [1.54, 1.807) is 0 Å². The highest BCUT2D eigenvalue weighted by Crippen LogP contribution is 2.21. The number of aryl methyl sites for hydroxylation is 1. The molecule has 0 aliphatic carbocycles. The van der Waals surface area contributed by atoms with Gasteiger partial charge in [-0.05, 0) is 18.9 Å². The molecule has 1 aliphatic rings. The van der Waals surface area contributed by atoms with Gasteiger partial charge in [0.05, 0.1) is 6.42 Å². The van der Waals surface area contributed by atoms with Crippen molar-refractivity contribution in [3.05, 3.63) is 28.2 Å². The van der Waals surface area contributed by atoms with E-state index in [0.29, 0.717) is 13.0 Å². The number of nitrogens with zero attached hydrogens (tertiary/aromatic N) is 3. The Morgan fingerprint density at radius 3 is 2.84 bits per heavy atom.